The molecule has 12 heteroatoms. The zero-order chi connectivity index (χ0) is 20.1. The van der Waals surface area contributed by atoms with Gasteiger partial charge in [0.1, 0.15) is 5.41 Å². The Morgan fingerprint density at radius 2 is 1.85 bits per heavy atom. The van der Waals surface area contributed by atoms with Gasteiger partial charge >= 0.3 is 0 Å². The molecular weight excluding hydrogens is 687 g/mol. The third-order valence-electron chi connectivity index (χ3n) is 4.03. The normalized spacial score (nSPS) is 23.3. The minimum atomic E-state index is -1.60. The Bertz CT molecular complexity index is 650. The van der Waals surface area contributed by atoms with E-state index in [1.165, 1.54) is 0 Å². The van der Waals surface area contributed by atoms with Gasteiger partial charge in [0.05, 0.1) is 16.2 Å². The summed E-state index contributed by atoms with van der Waals surface area (Å²) in [6.45, 7) is -1.38. The van der Waals surface area contributed by atoms with Gasteiger partial charge in [-0.05, 0) is 45.2 Å². The molecule has 0 aromatic carbocycles. The van der Waals surface area contributed by atoms with Crippen molar-refractivity contribution in [3.8, 4) is 0 Å². The van der Waals surface area contributed by atoms with Crippen LogP contribution < -0.4 is 16.4 Å². The van der Waals surface area contributed by atoms with Gasteiger partial charge in [0.25, 0.3) is 0 Å². The number of amides is 3. The highest BCUT2D eigenvalue weighted by Gasteiger charge is 2.57. The van der Waals surface area contributed by atoms with Crippen molar-refractivity contribution in [2.45, 2.75) is 3.92 Å². The largest absolute Gasteiger partial charge is 0.396 e. The first kappa shape index (κ1) is 24.0. The van der Waals surface area contributed by atoms with Gasteiger partial charge in [-0.1, -0.05) is 22.6 Å². The van der Waals surface area contributed by atoms with Gasteiger partial charge in [-0.2, -0.15) is 0 Å². The number of carbonyl (C=O) groups is 3. The fourth-order valence-corrected chi connectivity index (χ4v) is 8.57. The quantitative estimate of drug-likeness (QED) is 0.103. The Kier molecular flexibility index (Phi) is 9.68. The van der Waals surface area contributed by atoms with Crippen molar-refractivity contribution in [3.05, 3.63) is 18.4 Å². The molecule has 146 valence electrons. The summed E-state index contributed by atoms with van der Waals surface area (Å²) in [4.78, 5) is 36.2. The molecule has 26 heavy (non-hydrogen) atoms. The van der Waals surface area contributed by atoms with Gasteiger partial charge in [0.15, 0.2) is 0 Å². The third kappa shape index (κ3) is 4.18. The Balaban J connectivity index is 3.75. The summed E-state index contributed by atoms with van der Waals surface area (Å²) < 4.78 is -0.0950. The Hall–Kier alpha value is -0.0400. The number of nitrogens with two attached hydrogens (primary N) is 1. The molecule has 0 aliphatic heterocycles. The predicted octanol–water partition coefficient (Wildman–Crippen LogP) is -0.934. The maximum atomic E-state index is 12.6. The predicted molar refractivity (Wildman–Crippen MR) is 118 cm³/mol. The molecular formula is C14H18I3N3O6. The smallest absolute Gasteiger partial charge is 0.249 e. The molecule has 0 fully saturated rings. The SMILES string of the molecule is NC(=O)C1(C(CO)CO)C(I)=C(NC=O)C(I)=C(C(=O)NCCO)C1I. The van der Waals surface area contributed by atoms with Crippen LogP contribution in [-0.4, -0.2) is 63.8 Å². The summed E-state index contributed by atoms with van der Waals surface area (Å²) in [6, 6.07) is 0. The second kappa shape index (κ2) is 10.5. The molecule has 0 aromatic rings. The van der Waals surface area contributed by atoms with Crippen molar-refractivity contribution in [3.63, 3.8) is 0 Å². The molecule has 0 saturated heterocycles. The van der Waals surface area contributed by atoms with Gasteiger partial charge in [-0.15, -0.1) is 0 Å². The molecule has 7 N–H and O–H groups in total. The number of hydrogen-bond acceptors (Lipinski definition) is 6. The molecule has 3 amide bonds. The molecule has 0 bridgehead atoms. The number of nitrogens with one attached hydrogen (secondary N) is 2. The zero-order valence-corrected chi connectivity index (χ0v) is 19.8. The highest BCUT2D eigenvalue weighted by atomic mass is 127. The molecule has 1 aliphatic carbocycles. The molecule has 0 heterocycles. The highest BCUT2D eigenvalue weighted by molar-refractivity contribution is 14.1. The van der Waals surface area contributed by atoms with Crippen molar-refractivity contribution in [2.24, 2.45) is 17.1 Å². The van der Waals surface area contributed by atoms with Crippen LogP contribution in [0.3, 0.4) is 0 Å². The van der Waals surface area contributed by atoms with Crippen molar-refractivity contribution >= 4 is 86.0 Å². The maximum Gasteiger partial charge on any atom is 0.249 e. The number of carbonyl (C=O) groups excluding carboxylic acids is 3. The Labute approximate surface area is 190 Å². The van der Waals surface area contributed by atoms with Gasteiger partial charge in [0.2, 0.25) is 18.2 Å². The second-order valence-electron chi connectivity index (χ2n) is 5.32. The summed E-state index contributed by atoms with van der Waals surface area (Å²) >= 11 is 5.61. The molecule has 0 radical (unpaired) electrons. The molecule has 9 nitrogen and oxygen atoms in total. The summed E-state index contributed by atoms with van der Waals surface area (Å²) in [6.07, 6.45) is 0.405. The maximum absolute atomic E-state index is 12.6. The van der Waals surface area contributed by atoms with E-state index in [1.807, 2.05) is 67.8 Å². The lowest BCUT2D eigenvalue weighted by molar-refractivity contribution is -0.129. The molecule has 0 aromatic heterocycles. The van der Waals surface area contributed by atoms with E-state index in [2.05, 4.69) is 10.6 Å². The average molecular weight is 705 g/mol. The first-order chi connectivity index (χ1) is 12.2. The number of alkyl halides is 1. The summed E-state index contributed by atoms with van der Waals surface area (Å²) in [7, 11) is 0. The number of aliphatic hydroxyl groups excluding tert-OH is 3. The van der Waals surface area contributed by atoms with Crippen LogP contribution >= 0.6 is 67.8 Å². The number of halogens is 3. The standard InChI is InChI=1S/C14H18I3N3O6/c15-8-7(12(25)19-1-2-21)10(16)14(13(18)26,6(3-22)4-23)11(17)9(8)20-5-24/h5-6,10,21-23H,1-4H2,(H2,18,26)(H,19,25)(H,20,24). The van der Waals surface area contributed by atoms with Gasteiger partial charge in [0, 0.05) is 38.4 Å². The van der Waals surface area contributed by atoms with Gasteiger partial charge in [-0.3, -0.25) is 14.4 Å². The minimum absolute atomic E-state index is 0.000137. The fraction of sp³-hybridized carbons (Fsp3) is 0.500. The van der Waals surface area contributed by atoms with E-state index in [9.17, 15) is 24.6 Å². The van der Waals surface area contributed by atoms with E-state index in [1.54, 1.807) is 0 Å². The molecule has 2 atom stereocenters. The van der Waals surface area contributed by atoms with Gasteiger partial charge < -0.3 is 31.7 Å². The first-order valence-corrected chi connectivity index (χ1v) is 10.7. The highest BCUT2D eigenvalue weighted by Crippen LogP contribution is 2.54. The van der Waals surface area contributed by atoms with Crippen LogP contribution in [0, 0.1) is 11.3 Å². The second-order valence-corrected chi connectivity index (χ2v) is 8.72. The summed E-state index contributed by atoms with van der Waals surface area (Å²) in [5, 5.41) is 33.4. The Morgan fingerprint density at radius 1 is 1.27 bits per heavy atom. The topological polar surface area (TPSA) is 162 Å². The van der Waals surface area contributed by atoms with Crippen LogP contribution in [-0.2, 0) is 14.4 Å². The van der Waals surface area contributed by atoms with Crippen LogP contribution in [0.25, 0.3) is 0 Å². The van der Waals surface area contributed by atoms with E-state index in [0.717, 1.165) is 0 Å². The molecule has 2 unspecified atom stereocenters. The number of allylic oxidation sites excluding steroid dienone is 1. The van der Waals surface area contributed by atoms with E-state index in [-0.39, 0.29) is 24.4 Å². The van der Waals surface area contributed by atoms with Crippen LogP contribution in [0.4, 0.5) is 0 Å². The van der Waals surface area contributed by atoms with Crippen molar-refractivity contribution < 1.29 is 29.7 Å². The average Bonchev–Trinajstić information content (AvgIpc) is 2.60. The molecule has 0 saturated carbocycles. The Morgan fingerprint density at radius 3 is 2.27 bits per heavy atom. The van der Waals surface area contributed by atoms with Crippen LogP contribution in [0.5, 0.6) is 0 Å². The van der Waals surface area contributed by atoms with E-state index in [0.29, 0.717) is 13.6 Å². The van der Waals surface area contributed by atoms with Crippen molar-refractivity contribution in [2.75, 3.05) is 26.4 Å². The van der Waals surface area contributed by atoms with E-state index < -0.39 is 40.3 Å². The lowest BCUT2D eigenvalue weighted by Crippen LogP contribution is -2.56. The lowest BCUT2D eigenvalue weighted by Gasteiger charge is -2.44. The van der Waals surface area contributed by atoms with Gasteiger partial charge in [-0.25, -0.2) is 0 Å². The van der Waals surface area contributed by atoms with E-state index >= 15 is 0 Å². The number of primary amides is 1. The lowest BCUT2D eigenvalue weighted by atomic mass is 9.68. The molecule has 1 rings (SSSR count). The summed E-state index contributed by atoms with van der Waals surface area (Å²) in [5.41, 5.74) is 4.46. The van der Waals surface area contributed by atoms with Crippen LogP contribution in [0.2, 0.25) is 0 Å². The summed E-state index contributed by atoms with van der Waals surface area (Å²) in [5.74, 6) is -2.37. The van der Waals surface area contributed by atoms with Crippen LogP contribution in [0.1, 0.15) is 0 Å². The monoisotopic (exact) mass is 705 g/mol. The number of hydrogen-bond donors (Lipinski definition) is 6. The fourth-order valence-electron chi connectivity index (χ4n) is 2.72. The third-order valence-corrected chi connectivity index (χ3v) is 8.19. The zero-order valence-electron chi connectivity index (χ0n) is 13.3. The van der Waals surface area contributed by atoms with Crippen LogP contribution in [0.15, 0.2) is 18.4 Å². The van der Waals surface area contributed by atoms with Crippen molar-refractivity contribution in [1.82, 2.24) is 10.6 Å². The molecule has 1 aliphatic rings. The van der Waals surface area contributed by atoms with Crippen molar-refractivity contribution in [1.29, 1.82) is 0 Å². The minimum Gasteiger partial charge on any atom is -0.396 e. The number of rotatable bonds is 9. The van der Waals surface area contributed by atoms with E-state index in [4.69, 9.17) is 10.8 Å². The number of aliphatic hydroxyl groups is 3. The molecule has 0 spiro atoms. The first-order valence-electron chi connectivity index (χ1n) is 7.30.